The lowest BCUT2D eigenvalue weighted by Gasteiger charge is -2.14. The highest BCUT2D eigenvalue weighted by Gasteiger charge is 2.34. The van der Waals surface area contributed by atoms with Gasteiger partial charge in [-0.1, -0.05) is 12.1 Å². The van der Waals surface area contributed by atoms with Crippen LogP contribution in [-0.2, 0) is 6.54 Å². The van der Waals surface area contributed by atoms with Crippen molar-refractivity contribution in [1.82, 2.24) is 14.7 Å². The van der Waals surface area contributed by atoms with Crippen molar-refractivity contribution in [2.75, 3.05) is 6.54 Å². The largest absolute Gasteiger partial charge is 0.272 e. The Balaban J connectivity index is 1.54. The summed E-state index contributed by atoms with van der Waals surface area (Å²) in [6, 6.07) is 10.0. The Morgan fingerprint density at radius 1 is 0.913 bits per heavy atom. The van der Waals surface area contributed by atoms with Gasteiger partial charge in [-0.2, -0.15) is 5.10 Å². The van der Waals surface area contributed by atoms with Crippen LogP contribution in [0.5, 0.6) is 0 Å². The highest BCUT2D eigenvalue weighted by molar-refractivity contribution is 6.21. The third-order valence-electron chi connectivity index (χ3n) is 4.30. The second-order valence-electron chi connectivity index (χ2n) is 5.90. The minimum atomic E-state index is -0.308. The number of carbonyl (C=O) groups is 2. The lowest BCUT2D eigenvalue weighted by molar-refractivity contribution is 0.0647. The zero-order valence-corrected chi connectivity index (χ0v) is 12.4. The summed E-state index contributed by atoms with van der Waals surface area (Å²) in [4.78, 5) is 37.7. The zero-order valence-electron chi connectivity index (χ0n) is 12.4. The summed E-state index contributed by atoms with van der Waals surface area (Å²) in [5.74, 6) is -0.171. The van der Waals surface area contributed by atoms with E-state index in [9.17, 15) is 14.4 Å². The Kier molecular flexibility index (Phi) is 3.11. The smallest absolute Gasteiger partial charge is 0.266 e. The van der Waals surface area contributed by atoms with Crippen molar-refractivity contribution in [2.24, 2.45) is 0 Å². The number of nitrogens with zero attached hydrogens (tertiary/aromatic N) is 3. The number of hydrogen-bond donors (Lipinski definition) is 0. The predicted molar refractivity (Wildman–Crippen MR) is 82.3 cm³/mol. The average molecular weight is 309 g/mol. The molecule has 1 aliphatic carbocycles. The number of imide groups is 1. The maximum Gasteiger partial charge on any atom is 0.266 e. The molecule has 2 aromatic rings. The third kappa shape index (κ3) is 2.36. The molecule has 0 unspecified atom stereocenters. The van der Waals surface area contributed by atoms with Gasteiger partial charge in [0.25, 0.3) is 17.4 Å². The quantitative estimate of drug-likeness (QED) is 0.801. The molecule has 0 saturated heterocycles. The van der Waals surface area contributed by atoms with Crippen molar-refractivity contribution in [2.45, 2.75) is 25.3 Å². The van der Waals surface area contributed by atoms with Crippen LogP contribution in [0.4, 0.5) is 0 Å². The molecule has 0 atom stereocenters. The molecule has 6 nitrogen and oxygen atoms in total. The van der Waals surface area contributed by atoms with Crippen LogP contribution in [0.1, 0.15) is 45.2 Å². The first-order chi connectivity index (χ1) is 11.1. The Morgan fingerprint density at radius 2 is 1.57 bits per heavy atom. The van der Waals surface area contributed by atoms with Crippen molar-refractivity contribution >= 4 is 11.8 Å². The third-order valence-corrected chi connectivity index (χ3v) is 4.30. The molecule has 1 fully saturated rings. The lowest BCUT2D eigenvalue weighted by Crippen LogP contribution is -2.35. The first-order valence-electron chi connectivity index (χ1n) is 7.68. The highest BCUT2D eigenvalue weighted by atomic mass is 16.2. The first kappa shape index (κ1) is 13.9. The summed E-state index contributed by atoms with van der Waals surface area (Å²) >= 11 is 0. The van der Waals surface area contributed by atoms with Gasteiger partial charge in [-0.3, -0.25) is 19.3 Å². The highest BCUT2D eigenvalue weighted by Crippen LogP contribution is 2.38. The molecule has 2 amide bonds. The average Bonchev–Trinajstić information content (AvgIpc) is 3.37. The van der Waals surface area contributed by atoms with Crippen molar-refractivity contribution in [3.05, 3.63) is 63.6 Å². The molecule has 1 aromatic heterocycles. The van der Waals surface area contributed by atoms with Crippen LogP contribution in [0.25, 0.3) is 0 Å². The van der Waals surface area contributed by atoms with Gasteiger partial charge in [0.1, 0.15) is 0 Å². The summed E-state index contributed by atoms with van der Waals surface area (Å²) in [6.45, 7) is 0.359. The molecule has 1 aliphatic heterocycles. The predicted octanol–water partition coefficient (Wildman–Crippen LogP) is 1.42. The summed E-state index contributed by atoms with van der Waals surface area (Å²) in [6.07, 6.45) is 2.20. The SMILES string of the molecule is O=C1c2ccccc2C(=O)N1CCn1nc(C2CC2)ccc1=O. The standard InChI is InChI=1S/C17H15N3O3/c21-15-8-7-14(11-5-6-11)18-20(15)10-9-19-16(22)12-3-1-2-4-13(12)17(19)23/h1-4,7-8,11H,5-6,9-10H2. The molecule has 2 heterocycles. The molecular weight excluding hydrogens is 294 g/mol. The van der Waals surface area contributed by atoms with E-state index in [0.717, 1.165) is 18.5 Å². The van der Waals surface area contributed by atoms with Crippen LogP contribution in [0, 0.1) is 0 Å². The van der Waals surface area contributed by atoms with Crippen LogP contribution in [0.15, 0.2) is 41.2 Å². The van der Waals surface area contributed by atoms with Crippen LogP contribution in [-0.4, -0.2) is 33.0 Å². The number of rotatable bonds is 4. The first-order valence-corrected chi connectivity index (χ1v) is 7.68. The fraction of sp³-hybridized carbons (Fsp3) is 0.294. The van der Waals surface area contributed by atoms with Crippen LogP contribution in [0.3, 0.4) is 0 Å². The van der Waals surface area contributed by atoms with Crippen LogP contribution < -0.4 is 5.56 Å². The summed E-state index contributed by atoms with van der Waals surface area (Å²) in [5, 5.41) is 4.35. The Hall–Kier alpha value is -2.76. The van der Waals surface area contributed by atoms with E-state index in [2.05, 4.69) is 5.10 Å². The van der Waals surface area contributed by atoms with E-state index in [1.54, 1.807) is 30.3 Å². The lowest BCUT2D eigenvalue weighted by atomic mass is 10.1. The maximum absolute atomic E-state index is 12.3. The number of benzene rings is 1. The molecule has 116 valence electrons. The van der Waals surface area contributed by atoms with Gasteiger partial charge >= 0.3 is 0 Å². The van der Waals surface area contributed by atoms with Gasteiger partial charge < -0.3 is 0 Å². The number of carbonyl (C=O) groups excluding carboxylic acids is 2. The van der Waals surface area contributed by atoms with Crippen molar-refractivity contribution in [3.63, 3.8) is 0 Å². The Morgan fingerprint density at radius 3 is 2.17 bits per heavy atom. The molecular formula is C17H15N3O3. The normalized spacial score (nSPS) is 16.8. The second-order valence-corrected chi connectivity index (χ2v) is 5.90. The molecule has 1 saturated carbocycles. The Labute approximate surface area is 132 Å². The van der Waals surface area contributed by atoms with Gasteiger partial charge in [0.2, 0.25) is 0 Å². The fourth-order valence-electron chi connectivity index (χ4n) is 2.86. The summed E-state index contributed by atoms with van der Waals surface area (Å²) < 4.78 is 1.34. The zero-order chi connectivity index (χ0) is 16.0. The molecule has 23 heavy (non-hydrogen) atoms. The van der Waals surface area contributed by atoms with Gasteiger partial charge in [0, 0.05) is 18.5 Å². The molecule has 4 rings (SSSR count). The van der Waals surface area contributed by atoms with E-state index in [-0.39, 0.29) is 30.5 Å². The van der Waals surface area contributed by atoms with Crippen LogP contribution >= 0.6 is 0 Å². The van der Waals surface area contributed by atoms with Gasteiger partial charge in [0.15, 0.2) is 0 Å². The minimum absolute atomic E-state index is 0.146. The van der Waals surface area contributed by atoms with Gasteiger partial charge in [-0.05, 0) is 31.0 Å². The number of aromatic nitrogens is 2. The van der Waals surface area contributed by atoms with Crippen molar-refractivity contribution in [3.8, 4) is 0 Å². The monoisotopic (exact) mass is 309 g/mol. The van der Waals surface area contributed by atoms with E-state index in [0.29, 0.717) is 17.0 Å². The van der Waals surface area contributed by atoms with E-state index in [1.807, 2.05) is 0 Å². The number of amides is 2. The topological polar surface area (TPSA) is 72.3 Å². The summed E-state index contributed by atoms with van der Waals surface area (Å²) in [7, 11) is 0. The molecule has 1 aromatic carbocycles. The number of fused-ring (bicyclic) bond motifs is 1. The van der Waals surface area contributed by atoms with Crippen molar-refractivity contribution in [1.29, 1.82) is 0 Å². The van der Waals surface area contributed by atoms with E-state index in [4.69, 9.17) is 0 Å². The second kappa shape index (κ2) is 5.15. The van der Waals surface area contributed by atoms with Crippen LogP contribution in [0.2, 0.25) is 0 Å². The molecule has 0 spiro atoms. The maximum atomic E-state index is 12.3. The molecule has 2 aliphatic rings. The molecule has 0 N–H and O–H groups in total. The van der Waals surface area contributed by atoms with E-state index < -0.39 is 0 Å². The Bertz CT molecular complexity index is 832. The summed E-state index contributed by atoms with van der Waals surface area (Å²) in [5.41, 5.74) is 1.53. The molecule has 0 bridgehead atoms. The fourth-order valence-corrected chi connectivity index (χ4v) is 2.86. The molecule has 0 radical (unpaired) electrons. The molecule has 6 heteroatoms. The van der Waals surface area contributed by atoms with Crippen molar-refractivity contribution < 1.29 is 9.59 Å². The van der Waals surface area contributed by atoms with Gasteiger partial charge in [0.05, 0.1) is 23.4 Å². The van der Waals surface area contributed by atoms with Gasteiger partial charge in [-0.15, -0.1) is 0 Å². The number of hydrogen-bond acceptors (Lipinski definition) is 4. The van der Waals surface area contributed by atoms with E-state index in [1.165, 1.54) is 15.6 Å². The van der Waals surface area contributed by atoms with Gasteiger partial charge in [-0.25, -0.2) is 4.68 Å². The van der Waals surface area contributed by atoms with E-state index >= 15 is 0 Å². The minimum Gasteiger partial charge on any atom is -0.272 e.